The fourth-order valence-electron chi connectivity index (χ4n) is 3.01. The number of aromatic nitrogens is 1. The Balaban J connectivity index is 1.70. The van der Waals surface area contributed by atoms with Crippen LogP contribution in [0.4, 0.5) is 4.39 Å². The Morgan fingerprint density at radius 2 is 2.32 bits per heavy atom. The van der Waals surface area contributed by atoms with Crippen LogP contribution < -0.4 is 10.7 Å². The number of aromatic amines is 1. The SMILES string of the molecule is CN(CCCO)C1(C)C=CC(C#Cc2cc3c([nH]2)=NCC(F)C=3)=CC1. The summed E-state index contributed by atoms with van der Waals surface area (Å²) in [6.07, 6.45) is 8.58. The smallest absolute Gasteiger partial charge is 0.139 e. The van der Waals surface area contributed by atoms with Crippen LogP contribution in [0.3, 0.4) is 0 Å². The molecule has 5 heteroatoms. The molecule has 0 saturated carbocycles. The molecule has 0 spiro atoms. The molecule has 0 bridgehead atoms. The van der Waals surface area contributed by atoms with E-state index in [1.807, 2.05) is 12.1 Å². The highest BCUT2D eigenvalue weighted by Crippen LogP contribution is 2.26. The highest BCUT2D eigenvalue weighted by molar-refractivity contribution is 5.46. The van der Waals surface area contributed by atoms with Crippen LogP contribution in [-0.4, -0.2) is 53.4 Å². The number of H-pyrrole nitrogens is 1. The van der Waals surface area contributed by atoms with E-state index < -0.39 is 6.17 Å². The molecule has 2 N–H and O–H groups in total. The third-order valence-corrected chi connectivity index (χ3v) is 4.83. The van der Waals surface area contributed by atoms with Crippen molar-refractivity contribution < 1.29 is 9.50 Å². The van der Waals surface area contributed by atoms with Crippen molar-refractivity contribution in [3.8, 4) is 11.8 Å². The van der Waals surface area contributed by atoms with Crippen LogP contribution in [-0.2, 0) is 0 Å². The molecule has 0 aromatic carbocycles. The van der Waals surface area contributed by atoms with Crippen LogP contribution in [0.1, 0.15) is 25.5 Å². The van der Waals surface area contributed by atoms with Gasteiger partial charge in [0.05, 0.1) is 12.2 Å². The molecule has 132 valence electrons. The van der Waals surface area contributed by atoms with Crippen LogP contribution >= 0.6 is 0 Å². The van der Waals surface area contributed by atoms with E-state index in [0.29, 0.717) is 5.49 Å². The molecule has 3 rings (SSSR count). The summed E-state index contributed by atoms with van der Waals surface area (Å²) in [5.41, 5.74) is 2.40. The second kappa shape index (κ2) is 7.38. The van der Waals surface area contributed by atoms with Gasteiger partial charge in [0.15, 0.2) is 0 Å². The van der Waals surface area contributed by atoms with Crippen molar-refractivity contribution in [3.63, 3.8) is 0 Å². The lowest BCUT2D eigenvalue weighted by molar-refractivity contribution is 0.166. The van der Waals surface area contributed by atoms with E-state index in [-0.39, 0.29) is 18.7 Å². The summed E-state index contributed by atoms with van der Waals surface area (Å²) < 4.78 is 13.3. The van der Waals surface area contributed by atoms with Crippen molar-refractivity contribution in [3.05, 3.63) is 46.3 Å². The summed E-state index contributed by atoms with van der Waals surface area (Å²) in [5, 5.41) is 9.77. The molecule has 1 aliphatic heterocycles. The summed E-state index contributed by atoms with van der Waals surface area (Å²) in [6, 6.07) is 1.84. The summed E-state index contributed by atoms with van der Waals surface area (Å²) in [4.78, 5) is 9.55. The number of halogens is 1. The second-order valence-corrected chi connectivity index (χ2v) is 6.81. The Hall–Kier alpha value is -2.16. The number of nitrogens with one attached hydrogen (secondary N) is 1. The summed E-state index contributed by atoms with van der Waals surface area (Å²) in [6.45, 7) is 3.43. The Labute approximate surface area is 147 Å². The Morgan fingerprint density at radius 3 is 3.04 bits per heavy atom. The first-order valence-corrected chi connectivity index (χ1v) is 8.63. The lowest BCUT2D eigenvalue weighted by Crippen LogP contribution is -2.43. The minimum absolute atomic E-state index is 0.0458. The molecule has 0 fully saturated rings. The van der Waals surface area contributed by atoms with E-state index in [2.05, 4.69) is 52.8 Å². The lowest BCUT2D eigenvalue weighted by Gasteiger charge is -2.37. The molecule has 1 aromatic heterocycles. The van der Waals surface area contributed by atoms with Crippen LogP contribution in [0, 0.1) is 11.8 Å². The maximum Gasteiger partial charge on any atom is 0.139 e. The van der Waals surface area contributed by atoms with E-state index in [9.17, 15) is 4.39 Å². The van der Waals surface area contributed by atoms with E-state index in [4.69, 9.17) is 5.11 Å². The molecule has 2 unspecified atom stereocenters. The third-order valence-electron chi connectivity index (χ3n) is 4.83. The number of hydrogen-bond donors (Lipinski definition) is 2. The Kier molecular flexibility index (Phi) is 5.22. The van der Waals surface area contributed by atoms with Gasteiger partial charge >= 0.3 is 0 Å². The van der Waals surface area contributed by atoms with Crippen molar-refractivity contribution in [2.24, 2.45) is 4.99 Å². The minimum Gasteiger partial charge on any atom is -0.396 e. The number of aliphatic hydroxyl groups excluding tert-OH is 1. The van der Waals surface area contributed by atoms with Gasteiger partial charge in [-0.15, -0.1) is 0 Å². The van der Waals surface area contributed by atoms with Crippen LogP contribution in [0.25, 0.3) is 6.08 Å². The van der Waals surface area contributed by atoms with Gasteiger partial charge in [0.2, 0.25) is 0 Å². The van der Waals surface area contributed by atoms with Gasteiger partial charge in [-0.1, -0.05) is 18.1 Å². The zero-order valence-corrected chi connectivity index (χ0v) is 14.7. The molecule has 1 aromatic rings. The number of hydrogen-bond acceptors (Lipinski definition) is 3. The molecular weight excluding hydrogens is 317 g/mol. The van der Waals surface area contributed by atoms with Crippen molar-refractivity contribution in [2.75, 3.05) is 26.7 Å². The van der Waals surface area contributed by atoms with Crippen LogP contribution in [0.5, 0.6) is 0 Å². The van der Waals surface area contributed by atoms with E-state index in [1.165, 1.54) is 0 Å². The van der Waals surface area contributed by atoms with Crippen molar-refractivity contribution in [1.29, 1.82) is 0 Å². The molecule has 2 aliphatic rings. The molecule has 4 nitrogen and oxygen atoms in total. The molecule has 0 amide bonds. The van der Waals surface area contributed by atoms with E-state index >= 15 is 0 Å². The van der Waals surface area contributed by atoms with E-state index in [0.717, 1.165) is 35.9 Å². The van der Waals surface area contributed by atoms with E-state index in [1.54, 1.807) is 6.08 Å². The Morgan fingerprint density at radius 1 is 1.48 bits per heavy atom. The molecule has 0 saturated heterocycles. The Bertz CT molecular complexity index is 871. The average molecular weight is 341 g/mol. The fourth-order valence-corrected chi connectivity index (χ4v) is 3.01. The van der Waals surface area contributed by atoms with Gasteiger partial charge in [-0.25, -0.2) is 4.39 Å². The first-order valence-electron chi connectivity index (χ1n) is 8.63. The van der Waals surface area contributed by atoms with Crippen molar-refractivity contribution >= 4 is 6.08 Å². The summed E-state index contributed by atoms with van der Waals surface area (Å²) >= 11 is 0. The predicted molar refractivity (Wildman–Crippen MR) is 97.3 cm³/mol. The first kappa shape index (κ1) is 17.7. The number of aliphatic hydroxyl groups is 1. The predicted octanol–water partition coefficient (Wildman–Crippen LogP) is 1.08. The number of fused-ring (bicyclic) bond motifs is 1. The highest BCUT2D eigenvalue weighted by Gasteiger charge is 2.26. The first-order chi connectivity index (χ1) is 12.0. The highest BCUT2D eigenvalue weighted by atomic mass is 19.1. The standard InChI is InChI=1S/C20H24FN3O/c1-20(24(2)10-3-11-25)8-6-15(7-9-20)4-5-18-13-16-12-17(21)14-22-19(16)23-18/h6-8,12-13,17,25H,3,9-11,14H2,1-2H3,(H,22,23). The number of likely N-dealkylation sites (N-methyl/N-ethyl adjacent to an activating group) is 1. The monoisotopic (exact) mass is 341 g/mol. The molecule has 2 heterocycles. The summed E-state index contributed by atoms with van der Waals surface area (Å²) in [7, 11) is 2.08. The van der Waals surface area contributed by atoms with Crippen LogP contribution in [0.15, 0.2) is 34.9 Å². The second-order valence-electron chi connectivity index (χ2n) is 6.81. The van der Waals surface area contributed by atoms with Gasteiger partial charge in [-0.3, -0.25) is 9.89 Å². The zero-order valence-electron chi connectivity index (χ0n) is 14.7. The van der Waals surface area contributed by atoms with Crippen LogP contribution in [0.2, 0.25) is 0 Å². The maximum absolute atomic E-state index is 13.3. The molecular formula is C20H24FN3O. The van der Waals surface area contributed by atoms with Crippen molar-refractivity contribution in [1.82, 2.24) is 9.88 Å². The molecule has 2 atom stereocenters. The van der Waals surface area contributed by atoms with Crippen molar-refractivity contribution in [2.45, 2.75) is 31.5 Å². The third kappa shape index (κ3) is 4.09. The quantitative estimate of drug-likeness (QED) is 0.805. The number of rotatable bonds is 4. The topological polar surface area (TPSA) is 51.6 Å². The molecule has 0 radical (unpaired) electrons. The van der Waals surface area contributed by atoms with Gasteiger partial charge in [0, 0.05) is 29.5 Å². The van der Waals surface area contributed by atoms with Gasteiger partial charge in [0.1, 0.15) is 11.7 Å². The fraction of sp³-hybridized carbons (Fsp3) is 0.450. The normalized spacial score (nSPS) is 24.7. The van der Waals surface area contributed by atoms with Gasteiger partial charge in [0.25, 0.3) is 0 Å². The minimum atomic E-state index is -1.01. The number of allylic oxidation sites excluding steroid dienone is 2. The van der Waals surface area contributed by atoms with Gasteiger partial charge < -0.3 is 10.1 Å². The molecule has 1 aliphatic carbocycles. The average Bonchev–Trinajstić information content (AvgIpc) is 3.01. The van der Waals surface area contributed by atoms with Gasteiger partial charge in [-0.05, 0) is 51.0 Å². The molecule has 25 heavy (non-hydrogen) atoms. The number of nitrogens with zero attached hydrogens (tertiary/aromatic N) is 2. The maximum atomic E-state index is 13.3. The lowest BCUT2D eigenvalue weighted by atomic mass is 9.89. The van der Waals surface area contributed by atoms with Gasteiger partial charge in [-0.2, -0.15) is 0 Å². The largest absolute Gasteiger partial charge is 0.396 e. The number of alkyl halides is 1. The summed E-state index contributed by atoms with van der Waals surface area (Å²) in [5.74, 6) is 6.27. The zero-order chi connectivity index (χ0) is 17.9.